The number of benzene rings is 2. The van der Waals surface area contributed by atoms with Gasteiger partial charge in [0.05, 0.1) is 5.69 Å². The maximum Gasteiger partial charge on any atom is 0.319 e. The van der Waals surface area contributed by atoms with E-state index in [9.17, 15) is 4.79 Å². The van der Waals surface area contributed by atoms with Crippen molar-refractivity contribution in [3.05, 3.63) is 48.7 Å². The quantitative estimate of drug-likeness (QED) is 0.536. The standard InChI is InChI=1S/C24H27N5O2/c25-23-26-13-12-22(29-23)31-21-11-10-19(16-8-4-5-9-17(16)21)27-24(30)28-20-14-18(20)15-6-2-1-3-7-15/h4-5,8-13,15,18,20H,1-3,6-7,14H2,(H2,25,26,29)(H2,27,28,30). The van der Waals surface area contributed by atoms with Crippen LogP contribution < -0.4 is 21.1 Å². The number of carbonyl (C=O) groups is 1. The number of nitrogen functional groups attached to an aromatic ring is 1. The predicted molar refractivity (Wildman–Crippen MR) is 121 cm³/mol. The van der Waals surface area contributed by atoms with E-state index in [4.69, 9.17) is 10.5 Å². The zero-order chi connectivity index (χ0) is 21.2. The lowest BCUT2D eigenvalue weighted by molar-refractivity contribution is 0.249. The topological polar surface area (TPSA) is 102 Å². The molecule has 5 rings (SSSR count). The van der Waals surface area contributed by atoms with Crippen LogP contribution in [0.3, 0.4) is 0 Å². The molecule has 0 spiro atoms. The van der Waals surface area contributed by atoms with Gasteiger partial charge < -0.3 is 21.1 Å². The smallest absolute Gasteiger partial charge is 0.319 e. The Kier molecular flexibility index (Phi) is 5.32. The highest BCUT2D eigenvalue weighted by atomic mass is 16.5. The lowest BCUT2D eigenvalue weighted by Crippen LogP contribution is -2.32. The summed E-state index contributed by atoms with van der Waals surface area (Å²) >= 11 is 0. The fourth-order valence-corrected chi connectivity index (χ4v) is 4.79. The van der Waals surface area contributed by atoms with Crippen molar-refractivity contribution < 1.29 is 9.53 Å². The van der Waals surface area contributed by atoms with Gasteiger partial charge in [0.2, 0.25) is 11.8 Å². The number of fused-ring (bicyclic) bond motifs is 1. The van der Waals surface area contributed by atoms with Gasteiger partial charge in [-0.1, -0.05) is 56.4 Å². The van der Waals surface area contributed by atoms with E-state index in [0.29, 0.717) is 23.6 Å². The first-order valence-corrected chi connectivity index (χ1v) is 11.0. The number of nitrogens with one attached hydrogen (secondary N) is 2. The van der Waals surface area contributed by atoms with Gasteiger partial charge in [-0.25, -0.2) is 9.78 Å². The van der Waals surface area contributed by atoms with E-state index in [0.717, 1.165) is 28.8 Å². The first-order chi connectivity index (χ1) is 15.2. The molecule has 2 aliphatic rings. The van der Waals surface area contributed by atoms with Crippen LogP contribution in [0.2, 0.25) is 0 Å². The van der Waals surface area contributed by atoms with Crippen molar-refractivity contribution in [2.24, 2.45) is 11.8 Å². The van der Waals surface area contributed by atoms with Gasteiger partial charge in [0.1, 0.15) is 5.75 Å². The van der Waals surface area contributed by atoms with Crippen LogP contribution in [0, 0.1) is 11.8 Å². The average molecular weight is 418 g/mol. The van der Waals surface area contributed by atoms with Crippen LogP contribution >= 0.6 is 0 Å². The molecule has 1 aromatic heterocycles. The maximum absolute atomic E-state index is 12.7. The molecule has 4 N–H and O–H groups in total. The zero-order valence-electron chi connectivity index (χ0n) is 17.4. The van der Waals surface area contributed by atoms with Crippen LogP contribution in [-0.2, 0) is 0 Å². The highest BCUT2D eigenvalue weighted by Gasteiger charge is 2.43. The summed E-state index contributed by atoms with van der Waals surface area (Å²) in [6.07, 6.45) is 9.32. The van der Waals surface area contributed by atoms with Crippen LogP contribution in [-0.4, -0.2) is 22.0 Å². The number of ether oxygens (including phenoxy) is 1. The molecular weight excluding hydrogens is 390 g/mol. The summed E-state index contributed by atoms with van der Waals surface area (Å²) in [5.41, 5.74) is 6.40. The molecule has 2 aromatic carbocycles. The highest BCUT2D eigenvalue weighted by molar-refractivity contribution is 6.04. The van der Waals surface area contributed by atoms with Crippen molar-refractivity contribution in [1.82, 2.24) is 15.3 Å². The van der Waals surface area contributed by atoms with Gasteiger partial charge in [0.25, 0.3) is 0 Å². The van der Waals surface area contributed by atoms with Gasteiger partial charge in [-0.3, -0.25) is 0 Å². The normalized spacial score (nSPS) is 20.9. The Morgan fingerprint density at radius 1 is 1.03 bits per heavy atom. The second kappa shape index (κ2) is 8.41. The number of amides is 2. The third kappa shape index (κ3) is 4.40. The molecule has 2 fully saturated rings. The SMILES string of the molecule is Nc1nccc(Oc2ccc(NC(=O)NC3CC3C3CCCCC3)c3ccccc23)n1. The molecule has 7 nitrogen and oxygen atoms in total. The molecule has 3 aromatic rings. The highest BCUT2D eigenvalue weighted by Crippen LogP contribution is 2.44. The molecule has 31 heavy (non-hydrogen) atoms. The summed E-state index contributed by atoms with van der Waals surface area (Å²) in [5, 5.41) is 7.97. The molecule has 7 heteroatoms. The van der Waals surface area contributed by atoms with Gasteiger partial charge in [0, 0.05) is 29.1 Å². The third-order valence-corrected chi connectivity index (χ3v) is 6.41. The number of rotatable bonds is 5. The zero-order valence-corrected chi connectivity index (χ0v) is 17.4. The Morgan fingerprint density at radius 3 is 2.65 bits per heavy atom. The summed E-state index contributed by atoms with van der Waals surface area (Å²) in [5.74, 6) is 2.60. The van der Waals surface area contributed by atoms with Crippen molar-refractivity contribution in [3.63, 3.8) is 0 Å². The maximum atomic E-state index is 12.7. The molecule has 160 valence electrons. The van der Waals surface area contributed by atoms with E-state index in [2.05, 4.69) is 20.6 Å². The molecule has 0 bridgehead atoms. The Labute approximate surface area is 181 Å². The fourth-order valence-electron chi connectivity index (χ4n) is 4.79. The summed E-state index contributed by atoms with van der Waals surface area (Å²) in [6, 6.07) is 13.3. The molecule has 0 radical (unpaired) electrons. The number of anilines is 2. The number of carbonyl (C=O) groups excluding carboxylic acids is 1. The number of urea groups is 1. The molecule has 2 saturated carbocycles. The molecule has 2 aliphatic carbocycles. The minimum Gasteiger partial charge on any atom is -0.438 e. The van der Waals surface area contributed by atoms with Crippen molar-refractivity contribution >= 4 is 28.4 Å². The Balaban J connectivity index is 1.29. The van der Waals surface area contributed by atoms with E-state index in [-0.39, 0.29) is 12.0 Å². The second-order valence-corrected chi connectivity index (χ2v) is 8.51. The van der Waals surface area contributed by atoms with E-state index < -0.39 is 0 Å². The number of hydrogen-bond donors (Lipinski definition) is 3. The van der Waals surface area contributed by atoms with Crippen molar-refractivity contribution in [1.29, 1.82) is 0 Å². The van der Waals surface area contributed by atoms with E-state index in [1.165, 1.54) is 32.1 Å². The summed E-state index contributed by atoms with van der Waals surface area (Å²) in [6.45, 7) is 0. The van der Waals surface area contributed by atoms with Gasteiger partial charge in [-0.2, -0.15) is 4.98 Å². The third-order valence-electron chi connectivity index (χ3n) is 6.41. The minimum absolute atomic E-state index is 0.147. The first kappa shape index (κ1) is 19.6. The van der Waals surface area contributed by atoms with Crippen molar-refractivity contribution in [2.45, 2.75) is 44.6 Å². The van der Waals surface area contributed by atoms with Crippen LogP contribution in [0.5, 0.6) is 11.6 Å². The fraction of sp³-hybridized carbons (Fsp3) is 0.375. The summed E-state index contributed by atoms with van der Waals surface area (Å²) < 4.78 is 5.93. The number of nitrogens with two attached hydrogens (primary N) is 1. The Hall–Kier alpha value is -3.35. The molecule has 0 aliphatic heterocycles. The lowest BCUT2D eigenvalue weighted by atomic mass is 9.85. The van der Waals surface area contributed by atoms with E-state index in [1.54, 1.807) is 12.3 Å². The number of nitrogens with zero attached hydrogens (tertiary/aromatic N) is 2. The molecule has 2 amide bonds. The first-order valence-electron chi connectivity index (χ1n) is 11.0. The van der Waals surface area contributed by atoms with Crippen LogP contribution in [0.15, 0.2) is 48.7 Å². The van der Waals surface area contributed by atoms with Gasteiger partial charge in [0.15, 0.2) is 0 Å². The largest absolute Gasteiger partial charge is 0.438 e. The second-order valence-electron chi connectivity index (χ2n) is 8.51. The molecular formula is C24H27N5O2. The van der Waals surface area contributed by atoms with Crippen LogP contribution in [0.4, 0.5) is 16.4 Å². The Morgan fingerprint density at radius 2 is 1.84 bits per heavy atom. The predicted octanol–water partition coefficient (Wildman–Crippen LogP) is 5.09. The van der Waals surface area contributed by atoms with E-state index >= 15 is 0 Å². The molecule has 0 saturated heterocycles. The summed E-state index contributed by atoms with van der Waals surface area (Å²) in [7, 11) is 0. The molecule has 1 heterocycles. The van der Waals surface area contributed by atoms with Crippen molar-refractivity contribution in [3.8, 4) is 11.6 Å². The minimum atomic E-state index is -0.147. The monoisotopic (exact) mass is 417 g/mol. The van der Waals surface area contributed by atoms with E-state index in [1.807, 2.05) is 36.4 Å². The van der Waals surface area contributed by atoms with Gasteiger partial charge >= 0.3 is 6.03 Å². The Bertz CT molecular complexity index is 1100. The number of hydrogen-bond acceptors (Lipinski definition) is 5. The average Bonchev–Trinajstić information content (AvgIpc) is 3.55. The molecule has 2 unspecified atom stereocenters. The van der Waals surface area contributed by atoms with Gasteiger partial charge in [-0.05, 0) is 30.4 Å². The number of aromatic nitrogens is 2. The lowest BCUT2D eigenvalue weighted by Gasteiger charge is -2.21. The van der Waals surface area contributed by atoms with Crippen LogP contribution in [0.1, 0.15) is 38.5 Å². The summed E-state index contributed by atoms with van der Waals surface area (Å²) in [4.78, 5) is 20.6. The van der Waals surface area contributed by atoms with Gasteiger partial charge in [-0.15, -0.1) is 0 Å². The van der Waals surface area contributed by atoms with Crippen LogP contribution in [0.25, 0.3) is 10.8 Å². The molecule has 2 atom stereocenters. The van der Waals surface area contributed by atoms with Crippen molar-refractivity contribution in [2.75, 3.05) is 11.1 Å².